The van der Waals surface area contributed by atoms with Crippen LogP contribution < -0.4 is 5.32 Å². The van der Waals surface area contributed by atoms with Crippen molar-refractivity contribution < 1.29 is 4.39 Å². The van der Waals surface area contributed by atoms with Crippen LogP contribution in [0.4, 0.5) is 4.39 Å². The average molecular weight is 258 g/mol. The molecule has 2 unspecified atom stereocenters. The van der Waals surface area contributed by atoms with Crippen LogP contribution in [0.1, 0.15) is 11.5 Å². The average Bonchev–Trinajstić information content (AvgIpc) is 2.67. The molecule has 1 nitrogen and oxygen atoms in total. The molecule has 1 heterocycles. The monoisotopic (exact) mass is 257 g/mol. The van der Waals surface area contributed by atoms with Crippen LogP contribution in [-0.4, -0.2) is 19.8 Å². The van der Waals surface area contributed by atoms with Crippen molar-refractivity contribution in [3.8, 4) is 0 Å². The maximum absolute atomic E-state index is 12.7. The highest BCUT2D eigenvalue weighted by Gasteiger charge is 2.27. The first-order valence-electron chi connectivity index (χ1n) is 4.83. The van der Waals surface area contributed by atoms with Crippen LogP contribution in [0.15, 0.2) is 28.7 Å². The van der Waals surface area contributed by atoms with Gasteiger partial charge < -0.3 is 5.32 Å². The molecule has 0 aromatic heterocycles. The van der Waals surface area contributed by atoms with Gasteiger partial charge in [-0.2, -0.15) is 0 Å². The summed E-state index contributed by atoms with van der Waals surface area (Å²) in [6, 6.07) is 8.18. The second-order valence-electron chi connectivity index (χ2n) is 3.73. The largest absolute Gasteiger partial charge is 0.316 e. The summed E-state index contributed by atoms with van der Waals surface area (Å²) >= 11 is 3.40. The van der Waals surface area contributed by atoms with Gasteiger partial charge in [0, 0.05) is 29.4 Å². The molecule has 1 aliphatic heterocycles. The Hall–Kier alpha value is -0.410. The van der Waals surface area contributed by atoms with Gasteiger partial charge in [-0.15, -0.1) is 0 Å². The Labute approximate surface area is 91.8 Å². The van der Waals surface area contributed by atoms with Gasteiger partial charge in [0.15, 0.2) is 0 Å². The molecule has 3 heteroatoms. The highest BCUT2D eigenvalue weighted by molar-refractivity contribution is 9.10. The lowest BCUT2D eigenvalue weighted by Gasteiger charge is -2.15. The molecule has 14 heavy (non-hydrogen) atoms. The summed E-state index contributed by atoms with van der Waals surface area (Å²) in [5, 5.41) is 3.23. The Morgan fingerprint density at radius 3 is 2.64 bits per heavy atom. The molecule has 1 N–H and O–H groups in total. The Kier molecular flexibility index (Phi) is 3.19. The predicted octanol–water partition coefficient (Wildman–Crippen LogP) is 2.72. The molecule has 2 rings (SSSR count). The van der Waals surface area contributed by atoms with Crippen molar-refractivity contribution in [1.82, 2.24) is 5.32 Å². The standard InChI is InChI=1S/C11H13BrFN/c12-10-3-1-8(2-4-10)11-7-14-6-9(11)5-13/h1-4,9,11,14H,5-7H2. The van der Waals surface area contributed by atoms with Crippen LogP contribution in [0.25, 0.3) is 0 Å². The second-order valence-corrected chi connectivity index (χ2v) is 4.65. The van der Waals surface area contributed by atoms with Crippen molar-refractivity contribution in [3.05, 3.63) is 34.3 Å². The second kappa shape index (κ2) is 4.41. The maximum Gasteiger partial charge on any atom is 0.0941 e. The van der Waals surface area contributed by atoms with E-state index in [9.17, 15) is 4.39 Å². The molecule has 0 saturated carbocycles. The topological polar surface area (TPSA) is 12.0 Å². The van der Waals surface area contributed by atoms with Crippen LogP contribution >= 0.6 is 15.9 Å². The molecule has 1 fully saturated rings. The van der Waals surface area contributed by atoms with E-state index in [-0.39, 0.29) is 12.6 Å². The smallest absolute Gasteiger partial charge is 0.0941 e. The molecular weight excluding hydrogens is 245 g/mol. The molecule has 0 bridgehead atoms. The van der Waals surface area contributed by atoms with E-state index in [0.29, 0.717) is 5.92 Å². The number of rotatable bonds is 2. The van der Waals surface area contributed by atoms with Crippen molar-refractivity contribution in [2.24, 2.45) is 5.92 Å². The van der Waals surface area contributed by atoms with Gasteiger partial charge in [-0.1, -0.05) is 28.1 Å². The molecule has 2 atom stereocenters. The van der Waals surface area contributed by atoms with Crippen molar-refractivity contribution in [2.45, 2.75) is 5.92 Å². The fraction of sp³-hybridized carbons (Fsp3) is 0.455. The number of alkyl halides is 1. The zero-order valence-corrected chi connectivity index (χ0v) is 9.43. The number of hydrogen-bond acceptors (Lipinski definition) is 1. The fourth-order valence-corrected chi connectivity index (χ4v) is 2.26. The van der Waals surface area contributed by atoms with E-state index >= 15 is 0 Å². The third-order valence-electron chi connectivity index (χ3n) is 2.84. The summed E-state index contributed by atoms with van der Waals surface area (Å²) in [6.45, 7) is 1.47. The zero-order valence-electron chi connectivity index (χ0n) is 7.84. The lowest BCUT2D eigenvalue weighted by molar-refractivity contribution is 0.358. The quantitative estimate of drug-likeness (QED) is 0.860. The zero-order chi connectivity index (χ0) is 9.97. The maximum atomic E-state index is 12.7. The molecule has 76 valence electrons. The third kappa shape index (κ3) is 1.98. The highest BCUT2D eigenvalue weighted by atomic mass is 79.9. The van der Waals surface area contributed by atoms with Gasteiger partial charge in [0.05, 0.1) is 6.67 Å². The molecule has 0 amide bonds. The van der Waals surface area contributed by atoms with E-state index in [1.807, 2.05) is 12.1 Å². The first kappa shape index (κ1) is 10.1. The van der Waals surface area contributed by atoms with Gasteiger partial charge in [0.2, 0.25) is 0 Å². The van der Waals surface area contributed by atoms with Crippen LogP contribution in [0.2, 0.25) is 0 Å². The van der Waals surface area contributed by atoms with Gasteiger partial charge in [0.1, 0.15) is 0 Å². The molecular formula is C11H13BrFN. The Morgan fingerprint density at radius 1 is 1.29 bits per heavy atom. The number of benzene rings is 1. The molecule has 1 saturated heterocycles. The number of nitrogens with one attached hydrogen (secondary N) is 1. The molecule has 1 aromatic rings. The van der Waals surface area contributed by atoms with Gasteiger partial charge in [-0.25, -0.2) is 0 Å². The van der Waals surface area contributed by atoms with E-state index in [4.69, 9.17) is 0 Å². The van der Waals surface area contributed by atoms with Crippen molar-refractivity contribution in [3.63, 3.8) is 0 Å². The van der Waals surface area contributed by atoms with Crippen LogP contribution in [0.5, 0.6) is 0 Å². The molecule has 0 aliphatic carbocycles. The summed E-state index contributed by atoms with van der Waals surface area (Å²) < 4.78 is 13.7. The van der Waals surface area contributed by atoms with E-state index < -0.39 is 0 Å². The Bertz CT molecular complexity index is 299. The number of hydrogen-bond donors (Lipinski definition) is 1. The summed E-state index contributed by atoms with van der Waals surface area (Å²) in [7, 11) is 0. The summed E-state index contributed by atoms with van der Waals surface area (Å²) in [4.78, 5) is 0. The summed E-state index contributed by atoms with van der Waals surface area (Å²) in [6.07, 6.45) is 0. The van der Waals surface area contributed by atoms with E-state index in [0.717, 1.165) is 17.6 Å². The van der Waals surface area contributed by atoms with Gasteiger partial charge in [0.25, 0.3) is 0 Å². The molecule has 0 spiro atoms. The number of halogens is 2. The van der Waals surface area contributed by atoms with Gasteiger partial charge >= 0.3 is 0 Å². The van der Waals surface area contributed by atoms with E-state index in [2.05, 4.69) is 33.4 Å². The van der Waals surface area contributed by atoms with Gasteiger partial charge in [-0.3, -0.25) is 4.39 Å². The van der Waals surface area contributed by atoms with Crippen LogP contribution in [0, 0.1) is 5.92 Å². The first-order chi connectivity index (χ1) is 6.81. The third-order valence-corrected chi connectivity index (χ3v) is 3.36. The molecule has 0 radical (unpaired) electrons. The lowest BCUT2D eigenvalue weighted by Crippen LogP contribution is -2.12. The SMILES string of the molecule is FCC1CNCC1c1ccc(Br)cc1. The van der Waals surface area contributed by atoms with Crippen LogP contribution in [0.3, 0.4) is 0 Å². The Balaban J connectivity index is 2.17. The molecule has 1 aromatic carbocycles. The normalized spacial score (nSPS) is 26.7. The van der Waals surface area contributed by atoms with Crippen molar-refractivity contribution >= 4 is 15.9 Å². The Morgan fingerprint density at radius 2 is 2.00 bits per heavy atom. The summed E-state index contributed by atoms with van der Waals surface area (Å²) in [5.41, 5.74) is 1.24. The van der Waals surface area contributed by atoms with Gasteiger partial charge in [-0.05, 0) is 17.7 Å². The minimum atomic E-state index is -0.228. The summed E-state index contributed by atoms with van der Waals surface area (Å²) in [5.74, 6) is 0.490. The predicted molar refractivity (Wildman–Crippen MR) is 59.2 cm³/mol. The highest BCUT2D eigenvalue weighted by Crippen LogP contribution is 2.29. The fourth-order valence-electron chi connectivity index (χ4n) is 2.00. The molecule has 1 aliphatic rings. The minimum Gasteiger partial charge on any atom is -0.316 e. The minimum absolute atomic E-state index is 0.149. The lowest BCUT2D eigenvalue weighted by atomic mass is 9.90. The van der Waals surface area contributed by atoms with Crippen LogP contribution in [-0.2, 0) is 0 Å². The van der Waals surface area contributed by atoms with Crippen molar-refractivity contribution in [2.75, 3.05) is 19.8 Å². The first-order valence-corrected chi connectivity index (χ1v) is 5.62. The van der Waals surface area contributed by atoms with E-state index in [1.54, 1.807) is 0 Å². The van der Waals surface area contributed by atoms with E-state index in [1.165, 1.54) is 5.56 Å². The van der Waals surface area contributed by atoms with Crippen molar-refractivity contribution in [1.29, 1.82) is 0 Å².